The van der Waals surface area contributed by atoms with Crippen molar-refractivity contribution >= 4 is 11.8 Å². The van der Waals surface area contributed by atoms with Crippen LogP contribution >= 0.6 is 0 Å². The lowest BCUT2D eigenvalue weighted by molar-refractivity contribution is -0.129. The van der Waals surface area contributed by atoms with E-state index in [-0.39, 0.29) is 6.29 Å². The predicted octanol–water partition coefficient (Wildman–Crippen LogP) is 3.75. The fraction of sp³-hybridized carbons (Fsp3) is 0.357. The van der Waals surface area contributed by atoms with E-state index >= 15 is 0 Å². The fourth-order valence-corrected chi connectivity index (χ4v) is 1.75. The maximum atomic E-state index is 7.04. The molecule has 0 amide bonds. The van der Waals surface area contributed by atoms with E-state index in [2.05, 4.69) is 4.85 Å². The fourth-order valence-electron chi connectivity index (χ4n) is 1.75. The van der Waals surface area contributed by atoms with Crippen molar-refractivity contribution in [1.82, 2.24) is 0 Å². The van der Waals surface area contributed by atoms with Crippen molar-refractivity contribution < 1.29 is 9.47 Å². The molecule has 1 aliphatic rings. The summed E-state index contributed by atoms with van der Waals surface area (Å²) in [5.74, 6) is 0. The molecule has 2 rings (SSSR count). The Bertz CT molecular complexity index is 428. The Kier molecular flexibility index (Phi) is 4.17. The molecule has 3 heteroatoms. The summed E-state index contributed by atoms with van der Waals surface area (Å²) in [6.07, 6.45) is 6.52. The van der Waals surface area contributed by atoms with Crippen molar-refractivity contribution in [2.45, 2.75) is 25.6 Å². The lowest BCUT2D eigenvalue weighted by atomic mass is 10.2. The standard InChI is InChI=1S/C14H15NO2/c1-15-13-7-3-2-6-12(13)9-11-17-14-8-4-5-10-16-14/h2-3,6-7,9,11,14H,4-5,8,10H2/b11-9-. The van der Waals surface area contributed by atoms with Gasteiger partial charge in [0, 0.05) is 6.42 Å². The quantitative estimate of drug-likeness (QED) is 0.582. The number of hydrogen-bond donors (Lipinski definition) is 0. The molecule has 1 aromatic rings. The minimum atomic E-state index is -0.125. The molecule has 17 heavy (non-hydrogen) atoms. The van der Waals surface area contributed by atoms with E-state index in [9.17, 15) is 0 Å². The van der Waals surface area contributed by atoms with Crippen LogP contribution in [-0.4, -0.2) is 12.9 Å². The molecule has 1 unspecified atom stereocenters. The lowest BCUT2D eigenvalue weighted by Crippen LogP contribution is -2.19. The predicted molar refractivity (Wildman–Crippen MR) is 66.4 cm³/mol. The SMILES string of the molecule is [C-]#[N+]c1ccccc1/C=C\OC1CCCCO1. The lowest BCUT2D eigenvalue weighted by Gasteiger charge is -2.21. The molecule has 1 heterocycles. The van der Waals surface area contributed by atoms with E-state index in [1.165, 1.54) is 0 Å². The number of para-hydroxylation sites is 1. The van der Waals surface area contributed by atoms with Crippen LogP contribution in [0.1, 0.15) is 24.8 Å². The van der Waals surface area contributed by atoms with Gasteiger partial charge >= 0.3 is 0 Å². The zero-order valence-corrected chi connectivity index (χ0v) is 9.63. The van der Waals surface area contributed by atoms with Crippen LogP contribution in [0, 0.1) is 6.57 Å². The molecule has 0 saturated carbocycles. The van der Waals surface area contributed by atoms with E-state index in [1.54, 1.807) is 12.3 Å². The topological polar surface area (TPSA) is 22.8 Å². The normalized spacial score (nSPS) is 20.1. The summed E-state index contributed by atoms with van der Waals surface area (Å²) in [5.41, 5.74) is 1.51. The van der Waals surface area contributed by atoms with Crippen molar-refractivity contribution in [3.05, 3.63) is 47.5 Å². The Morgan fingerprint density at radius 1 is 1.35 bits per heavy atom. The molecule has 0 aliphatic carbocycles. The van der Waals surface area contributed by atoms with Crippen molar-refractivity contribution in [1.29, 1.82) is 0 Å². The van der Waals surface area contributed by atoms with Crippen LogP contribution in [0.4, 0.5) is 5.69 Å². The molecule has 1 fully saturated rings. The van der Waals surface area contributed by atoms with Gasteiger partial charge in [0.1, 0.15) is 0 Å². The average molecular weight is 229 g/mol. The summed E-state index contributed by atoms with van der Waals surface area (Å²) in [6.45, 7) is 7.82. The van der Waals surface area contributed by atoms with Gasteiger partial charge in [0.25, 0.3) is 0 Å². The Labute approximate surface area is 101 Å². The smallest absolute Gasteiger partial charge is 0.198 e. The van der Waals surface area contributed by atoms with Crippen LogP contribution in [0.2, 0.25) is 0 Å². The van der Waals surface area contributed by atoms with E-state index in [0.29, 0.717) is 5.69 Å². The third kappa shape index (κ3) is 3.33. The summed E-state index contributed by atoms with van der Waals surface area (Å²) in [4.78, 5) is 3.45. The van der Waals surface area contributed by atoms with Gasteiger partial charge in [-0.25, -0.2) is 4.85 Å². The van der Waals surface area contributed by atoms with Gasteiger partial charge in [0.2, 0.25) is 0 Å². The van der Waals surface area contributed by atoms with Crippen LogP contribution in [0.3, 0.4) is 0 Å². The first-order chi connectivity index (χ1) is 8.40. The van der Waals surface area contributed by atoms with Crippen LogP contribution in [0.5, 0.6) is 0 Å². The molecule has 0 N–H and O–H groups in total. The van der Waals surface area contributed by atoms with Gasteiger partial charge in [0.05, 0.1) is 19.4 Å². The Hall–Kier alpha value is -1.79. The molecule has 88 valence electrons. The maximum Gasteiger partial charge on any atom is 0.198 e. The Morgan fingerprint density at radius 3 is 3.00 bits per heavy atom. The third-order valence-electron chi connectivity index (χ3n) is 2.67. The van der Waals surface area contributed by atoms with Crippen molar-refractivity contribution in [2.75, 3.05) is 6.61 Å². The first-order valence-corrected chi connectivity index (χ1v) is 5.80. The zero-order valence-electron chi connectivity index (χ0n) is 9.63. The van der Waals surface area contributed by atoms with E-state index in [4.69, 9.17) is 16.0 Å². The summed E-state index contributed by atoms with van der Waals surface area (Å²) < 4.78 is 10.9. The second-order valence-electron chi connectivity index (χ2n) is 3.91. The molecule has 1 aromatic carbocycles. The molecule has 1 aliphatic heterocycles. The minimum absolute atomic E-state index is 0.125. The van der Waals surface area contributed by atoms with Gasteiger partial charge in [-0.2, -0.15) is 0 Å². The molecule has 0 spiro atoms. The monoisotopic (exact) mass is 229 g/mol. The molecular formula is C14H15NO2. The van der Waals surface area contributed by atoms with E-state index in [1.807, 2.05) is 24.3 Å². The highest BCUT2D eigenvalue weighted by Crippen LogP contribution is 2.20. The van der Waals surface area contributed by atoms with Crippen LogP contribution < -0.4 is 0 Å². The van der Waals surface area contributed by atoms with Gasteiger partial charge in [-0.3, -0.25) is 0 Å². The number of nitrogens with zero attached hydrogens (tertiary/aromatic N) is 1. The van der Waals surface area contributed by atoms with E-state index in [0.717, 1.165) is 31.4 Å². The number of ether oxygens (including phenoxy) is 2. The highest BCUT2D eigenvalue weighted by molar-refractivity contribution is 5.66. The van der Waals surface area contributed by atoms with Crippen molar-refractivity contribution in [2.24, 2.45) is 0 Å². The van der Waals surface area contributed by atoms with E-state index < -0.39 is 0 Å². The summed E-state index contributed by atoms with van der Waals surface area (Å²) >= 11 is 0. The molecule has 1 saturated heterocycles. The number of benzene rings is 1. The molecule has 1 atom stereocenters. The number of hydrogen-bond acceptors (Lipinski definition) is 2. The Balaban J connectivity index is 1.93. The van der Waals surface area contributed by atoms with Gasteiger partial charge in [-0.1, -0.05) is 24.3 Å². The van der Waals surface area contributed by atoms with Crippen LogP contribution in [0.15, 0.2) is 30.5 Å². The maximum absolute atomic E-state index is 7.04. The van der Waals surface area contributed by atoms with Gasteiger partial charge in [-0.15, -0.1) is 0 Å². The summed E-state index contributed by atoms with van der Waals surface area (Å²) in [6, 6.07) is 7.46. The summed E-state index contributed by atoms with van der Waals surface area (Å²) in [7, 11) is 0. The average Bonchev–Trinajstić information content (AvgIpc) is 2.40. The largest absolute Gasteiger partial charge is 0.473 e. The first-order valence-electron chi connectivity index (χ1n) is 5.80. The second-order valence-corrected chi connectivity index (χ2v) is 3.91. The Morgan fingerprint density at radius 2 is 2.24 bits per heavy atom. The summed E-state index contributed by atoms with van der Waals surface area (Å²) in [5, 5.41) is 0. The molecular weight excluding hydrogens is 214 g/mol. The molecule has 0 aromatic heterocycles. The van der Waals surface area contributed by atoms with Gasteiger partial charge in [0.15, 0.2) is 12.0 Å². The molecule has 0 radical (unpaired) electrons. The minimum Gasteiger partial charge on any atom is -0.473 e. The van der Waals surface area contributed by atoms with Crippen molar-refractivity contribution in [3.8, 4) is 0 Å². The highest BCUT2D eigenvalue weighted by Gasteiger charge is 2.12. The second kappa shape index (κ2) is 6.07. The van der Waals surface area contributed by atoms with Gasteiger partial charge in [-0.05, 0) is 24.5 Å². The molecule has 3 nitrogen and oxygen atoms in total. The van der Waals surface area contributed by atoms with Crippen molar-refractivity contribution in [3.63, 3.8) is 0 Å². The number of rotatable bonds is 3. The third-order valence-corrected chi connectivity index (χ3v) is 2.67. The van der Waals surface area contributed by atoms with Crippen LogP contribution in [0.25, 0.3) is 10.9 Å². The highest BCUT2D eigenvalue weighted by atomic mass is 16.7. The van der Waals surface area contributed by atoms with Gasteiger partial charge < -0.3 is 9.47 Å². The zero-order chi connectivity index (χ0) is 11.9. The molecule has 0 bridgehead atoms. The van der Waals surface area contributed by atoms with Crippen LogP contribution in [-0.2, 0) is 9.47 Å². The first kappa shape index (κ1) is 11.7.